The Morgan fingerprint density at radius 3 is 1.11 bits per heavy atom. The summed E-state index contributed by atoms with van der Waals surface area (Å²) in [6, 6.07) is 6.15. The van der Waals surface area contributed by atoms with E-state index in [-0.39, 0.29) is 20.9 Å². The molecule has 0 saturated heterocycles. The van der Waals surface area contributed by atoms with Gasteiger partial charge >= 0.3 is 254 Å². The van der Waals surface area contributed by atoms with Crippen LogP contribution in [0.1, 0.15) is 63.8 Å². The number of hydrogen-bond acceptors (Lipinski definition) is 6. The van der Waals surface area contributed by atoms with Gasteiger partial charge in [-0.15, -0.1) is 0 Å². The Kier molecular flexibility index (Phi) is 9.72. The van der Waals surface area contributed by atoms with Crippen LogP contribution in [0.25, 0.3) is 0 Å². The minimum absolute atomic E-state index is 0.153. The Morgan fingerprint density at radius 2 is 0.864 bits per heavy atom. The number of alkyl halides is 9. The first-order chi connectivity index (χ1) is 19.6. The Bertz CT molecular complexity index is 1250. The fraction of sp³-hybridized carbons (Fsp3) is 0.571. The molecule has 0 spiro atoms. The van der Waals surface area contributed by atoms with E-state index in [1.165, 1.54) is 12.1 Å². The molecule has 0 radical (unpaired) electrons. The molecule has 1 aliphatic heterocycles. The van der Waals surface area contributed by atoms with Crippen molar-refractivity contribution in [1.29, 1.82) is 0 Å². The number of aryl methyl sites for hydroxylation is 2. The molecule has 0 bridgehead atoms. The summed E-state index contributed by atoms with van der Waals surface area (Å²) >= 11 is 1.01. The quantitative estimate of drug-likeness (QED) is 0.223. The summed E-state index contributed by atoms with van der Waals surface area (Å²) in [6.07, 6.45) is -15.9. The summed E-state index contributed by atoms with van der Waals surface area (Å²) in [5.74, 6) is -0.802. The van der Waals surface area contributed by atoms with Crippen molar-refractivity contribution in [3.8, 4) is 11.5 Å². The molecular weight excluding hydrogens is 650 g/mol. The van der Waals surface area contributed by atoms with E-state index < -0.39 is 68.4 Å². The van der Waals surface area contributed by atoms with Gasteiger partial charge in [0.25, 0.3) is 0 Å². The van der Waals surface area contributed by atoms with Crippen molar-refractivity contribution in [3.05, 3.63) is 46.5 Å². The Balaban J connectivity index is 2.59. The number of fused-ring (bicyclic) bond motifs is 2. The molecule has 0 aromatic heterocycles. The van der Waals surface area contributed by atoms with Crippen molar-refractivity contribution < 1.29 is 62.1 Å². The summed E-state index contributed by atoms with van der Waals surface area (Å²) < 4.78 is 150. The fourth-order valence-electron chi connectivity index (χ4n) is 4.17. The summed E-state index contributed by atoms with van der Waals surface area (Å²) in [5.41, 5.74) is -0.126. The van der Waals surface area contributed by atoms with Gasteiger partial charge in [-0.05, 0) is 0 Å². The summed E-state index contributed by atoms with van der Waals surface area (Å²) in [7, 11) is -7.11. The van der Waals surface area contributed by atoms with Gasteiger partial charge in [0.1, 0.15) is 0 Å². The van der Waals surface area contributed by atoms with Gasteiger partial charge in [0.05, 0.1) is 0 Å². The molecule has 0 amide bonds. The van der Waals surface area contributed by atoms with Gasteiger partial charge in [-0.2, -0.15) is 0 Å². The summed E-state index contributed by atoms with van der Waals surface area (Å²) in [4.78, 5) is 0.307. The minimum atomic E-state index is -7.11. The molecule has 3 rings (SSSR count). The number of rotatable bonds is 6. The van der Waals surface area contributed by atoms with Gasteiger partial charge in [-0.3, -0.25) is 0 Å². The van der Waals surface area contributed by atoms with E-state index in [9.17, 15) is 39.5 Å². The predicted molar refractivity (Wildman–Crippen MR) is 148 cm³/mol. The first-order valence-corrected chi connectivity index (χ1v) is 15.8. The van der Waals surface area contributed by atoms with Crippen LogP contribution in [-0.4, -0.2) is 38.3 Å². The normalized spacial score (nSPS) is 18.1. The third kappa shape index (κ3) is 9.08. The van der Waals surface area contributed by atoms with Crippen LogP contribution in [0, 0.1) is 13.8 Å². The van der Waals surface area contributed by atoms with E-state index >= 15 is 0 Å². The standard InChI is InChI=1S/C28H34F9O5PS/c1-16-9-18(24(3,4)5)22-20(11-16)44-21-12-17(2)10-19(25(6,7)8)23(21)42-43(41-22,38-13-26(29,30)31,39-14-27(32,33)34)40-15-28(35,36)37/h9-12H,13-15H2,1-8H3. The van der Waals surface area contributed by atoms with E-state index in [2.05, 4.69) is 0 Å². The third-order valence-electron chi connectivity index (χ3n) is 6.03. The third-order valence-corrected chi connectivity index (χ3v) is 9.69. The van der Waals surface area contributed by atoms with Crippen LogP contribution in [-0.2, 0) is 24.4 Å². The maximum absolute atomic E-state index is 13.7. The van der Waals surface area contributed by atoms with Crippen molar-refractivity contribution in [1.82, 2.24) is 0 Å². The first kappa shape index (κ1) is 36.5. The molecule has 250 valence electrons. The Hall–Kier alpha value is -1.93. The molecule has 0 N–H and O–H groups in total. The number of halogens is 9. The van der Waals surface area contributed by atoms with Crippen LogP contribution in [0.15, 0.2) is 34.1 Å². The Morgan fingerprint density at radius 1 is 0.568 bits per heavy atom. The van der Waals surface area contributed by atoms with E-state index in [4.69, 9.17) is 22.6 Å². The maximum atomic E-state index is 13.7. The molecule has 5 nitrogen and oxygen atoms in total. The van der Waals surface area contributed by atoms with Crippen molar-refractivity contribution >= 4 is 19.5 Å². The zero-order valence-corrected chi connectivity index (χ0v) is 26.9. The molecule has 0 unspecified atom stereocenters. The van der Waals surface area contributed by atoms with Crippen LogP contribution < -0.4 is 9.05 Å². The van der Waals surface area contributed by atoms with Gasteiger partial charge in [0.15, 0.2) is 0 Å². The van der Waals surface area contributed by atoms with Crippen LogP contribution >= 0.6 is 19.5 Å². The summed E-state index contributed by atoms with van der Waals surface area (Å²) in [6.45, 7) is 6.15. The van der Waals surface area contributed by atoms with Gasteiger partial charge < -0.3 is 0 Å². The second-order valence-corrected chi connectivity index (χ2v) is 16.2. The van der Waals surface area contributed by atoms with Crippen molar-refractivity contribution in [2.24, 2.45) is 0 Å². The first-order valence-electron chi connectivity index (χ1n) is 13.2. The molecule has 0 atom stereocenters. The molecular formula is C28H34F9O5PS. The van der Waals surface area contributed by atoms with E-state index in [1.807, 2.05) is 0 Å². The molecule has 44 heavy (non-hydrogen) atoms. The number of benzene rings is 2. The molecule has 1 heterocycles. The SMILES string of the molecule is Cc1cc2c(c(C(C)(C)C)c1)OP(OCC(F)(F)F)(OCC(F)(F)F)(OCC(F)(F)F)Oc1c(cc(C)cc1C(C)(C)C)S2. The average molecular weight is 685 g/mol. The molecule has 0 fully saturated rings. The predicted octanol–water partition coefficient (Wildman–Crippen LogP) is 10.7. The van der Waals surface area contributed by atoms with Crippen molar-refractivity contribution in [2.45, 2.75) is 94.5 Å². The number of hydrogen-bond donors (Lipinski definition) is 0. The van der Waals surface area contributed by atoms with E-state index in [1.54, 1.807) is 67.5 Å². The zero-order valence-electron chi connectivity index (χ0n) is 25.2. The molecule has 0 saturated carbocycles. The van der Waals surface area contributed by atoms with Gasteiger partial charge in [0, 0.05) is 0 Å². The van der Waals surface area contributed by atoms with Crippen molar-refractivity contribution in [3.63, 3.8) is 0 Å². The zero-order chi connectivity index (χ0) is 33.8. The van der Waals surface area contributed by atoms with E-state index in [0.29, 0.717) is 11.1 Å². The van der Waals surface area contributed by atoms with Gasteiger partial charge in [0.2, 0.25) is 0 Å². The van der Waals surface area contributed by atoms with Gasteiger partial charge in [-0.1, -0.05) is 0 Å². The molecule has 2 aromatic carbocycles. The van der Waals surface area contributed by atoms with Crippen molar-refractivity contribution in [2.75, 3.05) is 19.8 Å². The monoisotopic (exact) mass is 684 g/mol. The molecule has 1 aliphatic rings. The molecule has 16 heteroatoms. The van der Waals surface area contributed by atoms with Crippen LogP contribution in [0.4, 0.5) is 39.5 Å². The van der Waals surface area contributed by atoms with Gasteiger partial charge in [-0.25, -0.2) is 0 Å². The second kappa shape index (κ2) is 11.7. The topological polar surface area (TPSA) is 46.2 Å². The average Bonchev–Trinajstić information content (AvgIpc) is 2.80. The van der Waals surface area contributed by atoms with E-state index in [0.717, 1.165) is 11.8 Å². The van der Waals surface area contributed by atoms with Crippen LogP contribution in [0.5, 0.6) is 11.5 Å². The van der Waals surface area contributed by atoms with Crippen LogP contribution in [0.2, 0.25) is 0 Å². The fourth-order valence-corrected chi connectivity index (χ4v) is 8.15. The summed E-state index contributed by atoms with van der Waals surface area (Å²) in [5, 5.41) is 0. The molecule has 2 aromatic rings. The molecule has 0 aliphatic carbocycles. The second-order valence-electron chi connectivity index (χ2n) is 12.5. The van der Waals surface area contributed by atoms with Crippen LogP contribution in [0.3, 0.4) is 0 Å². The Labute approximate surface area is 254 Å².